The Labute approximate surface area is 114 Å². The molecule has 104 valence electrons. The molecule has 1 aliphatic rings. The van der Waals surface area contributed by atoms with Crippen LogP contribution in [0.15, 0.2) is 24.3 Å². The second-order valence-corrected chi connectivity index (χ2v) is 5.63. The minimum atomic E-state index is -0.515. The van der Waals surface area contributed by atoms with Gasteiger partial charge in [0.15, 0.2) is 0 Å². The Morgan fingerprint density at radius 3 is 2.47 bits per heavy atom. The molecule has 0 radical (unpaired) electrons. The van der Waals surface area contributed by atoms with Gasteiger partial charge >= 0.3 is 0 Å². The van der Waals surface area contributed by atoms with E-state index in [2.05, 4.69) is 10.2 Å². The molecule has 1 aromatic carbocycles. The molecule has 4 heteroatoms. The van der Waals surface area contributed by atoms with Crippen LogP contribution in [0.1, 0.15) is 27.7 Å². The largest absolute Gasteiger partial charge is 0.491 e. The monoisotopic (exact) mass is 262 g/mol. The summed E-state index contributed by atoms with van der Waals surface area (Å²) in [6, 6.07) is 7.94. The van der Waals surface area contributed by atoms with Crippen LogP contribution in [-0.4, -0.2) is 30.6 Å². The third-order valence-electron chi connectivity index (χ3n) is 3.37. The average molecular weight is 262 g/mol. The zero-order valence-corrected chi connectivity index (χ0v) is 12.1. The standard InChI is InChI=1S/C15H22N2O2/c1-11(2)19-13-7-5-12(6-8-13)17-10-9-16-14(18)15(17,3)4/h5-8,11H,9-10H2,1-4H3,(H,16,18). The molecule has 0 saturated carbocycles. The van der Waals surface area contributed by atoms with Crippen LogP contribution in [0.2, 0.25) is 0 Å². The zero-order chi connectivity index (χ0) is 14.0. The van der Waals surface area contributed by atoms with E-state index in [9.17, 15) is 4.79 Å². The topological polar surface area (TPSA) is 41.6 Å². The van der Waals surface area contributed by atoms with Crippen LogP contribution in [-0.2, 0) is 4.79 Å². The predicted octanol–water partition coefficient (Wildman–Crippen LogP) is 2.19. The van der Waals surface area contributed by atoms with Gasteiger partial charge in [0.2, 0.25) is 5.91 Å². The van der Waals surface area contributed by atoms with E-state index < -0.39 is 5.54 Å². The SMILES string of the molecule is CC(C)Oc1ccc(N2CCNC(=O)C2(C)C)cc1. The quantitative estimate of drug-likeness (QED) is 0.908. The molecule has 1 heterocycles. The number of hydrogen-bond acceptors (Lipinski definition) is 3. The van der Waals surface area contributed by atoms with Crippen LogP contribution in [0.4, 0.5) is 5.69 Å². The van der Waals surface area contributed by atoms with E-state index in [1.54, 1.807) is 0 Å². The van der Waals surface area contributed by atoms with Gasteiger partial charge in [-0.3, -0.25) is 4.79 Å². The van der Waals surface area contributed by atoms with Gasteiger partial charge in [-0.05, 0) is 52.0 Å². The van der Waals surface area contributed by atoms with Gasteiger partial charge in [0.25, 0.3) is 0 Å². The number of nitrogens with zero attached hydrogens (tertiary/aromatic N) is 1. The van der Waals surface area contributed by atoms with E-state index in [-0.39, 0.29) is 12.0 Å². The highest BCUT2D eigenvalue weighted by Gasteiger charge is 2.37. The number of anilines is 1. The first-order valence-corrected chi connectivity index (χ1v) is 6.74. The average Bonchev–Trinajstić information content (AvgIpc) is 2.33. The Bertz CT molecular complexity index is 452. The lowest BCUT2D eigenvalue weighted by Gasteiger charge is -2.42. The summed E-state index contributed by atoms with van der Waals surface area (Å²) in [5.41, 5.74) is 0.537. The molecule has 0 bridgehead atoms. The maximum Gasteiger partial charge on any atom is 0.245 e. The van der Waals surface area contributed by atoms with Crippen molar-refractivity contribution in [1.29, 1.82) is 0 Å². The third kappa shape index (κ3) is 2.83. The van der Waals surface area contributed by atoms with Gasteiger partial charge in [-0.2, -0.15) is 0 Å². The molecule has 1 aliphatic heterocycles. The molecule has 19 heavy (non-hydrogen) atoms. The maximum atomic E-state index is 11.9. The lowest BCUT2D eigenvalue weighted by atomic mass is 9.98. The van der Waals surface area contributed by atoms with Gasteiger partial charge in [0, 0.05) is 18.8 Å². The molecule has 0 spiro atoms. The van der Waals surface area contributed by atoms with Crippen molar-refractivity contribution in [1.82, 2.24) is 5.32 Å². The molecule has 0 aliphatic carbocycles. The van der Waals surface area contributed by atoms with Crippen molar-refractivity contribution in [2.45, 2.75) is 39.3 Å². The fourth-order valence-electron chi connectivity index (χ4n) is 2.33. The number of benzene rings is 1. The first-order valence-electron chi connectivity index (χ1n) is 6.74. The lowest BCUT2D eigenvalue weighted by molar-refractivity contribution is -0.126. The van der Waals surface area contributed by atoms with Crippen molar-refractivity contribution in [2.75, 3.05) is 18.0 Å². The molecule has 1 N–H and O–H groups in total. The summed E-state index contributed by atoms with van der Waals surface area (Å²) in [4.78, 5) is 14.1. The van der Waals surface area contributed by atoms with Crippen LogP contribution < -0.4 is 15.0 Å². The summed E-state index contributed by atoms with van der Waals surface area (Å²) >= 11 is 0. The van der Waals surface area contributed by atoms with Crippen molar-refractivity contribution < 1.29 is 9.53 Å². The highest BCUT2D eigenvalue weighted by molar-refractivity contribution is 5.90. The Balaban J connectivity index is 2.19. The maximum absolute atomic E-state index is 11.9. The molecule has 1 saturated heterocycles. The molecule has 0 unspecified atom stereocenters. The number of nitrogens with one attached hydrogen (secondary N) is 1. The van der Waals surface area contributed by atoms with E-state index in [0.29, 0.717) is 6.54 Å². The smallest absolute Gasteiger partial charge is 0.245 e. The second-order valence-electron chi connectivity index (χ2n) is 5.63. The van der Waals surface area contributed by atoms with Gasteiger partial charge in [-0.1, -0.05) is 0 Å². The molecule has 1 aromatic rings. The van der Waals surface area contributed by atoms with Gasteiger partial charge in [-0.25, -0.2) is 0 Å². The number of hydrogen-bond donors (Lipinski definition) is 1. The number of amides is 1. The van der Waals surface area contributed by atoms with Gasteiger partial charge < -0.3 is 15.0 Å². The van der Waals surface area contributed by atoms with Crippen LogP contribution in [0.3, 0.4) is 0 Å². The number of carbonyl (C=O) groups excluding carboxylic acids is 1. The second kappa shape index (κ2) is 5.11. The number of rotatable bonds is 3. The predicted molar refractivity (Wildman–Crippen MR) is 76.6 cm³/mol. The number of carbonyl (C=O) groups is 1. The molecule has 0 aromatic heterocycles. The van der Waals surface area contributed by atoms with Crippen LogP contribution in [0, 0.1) is 0 Å². The van der Waals surface area contributed by atoms with Crippen molar-refractivity contribution in [3.05, 3.63) is 24.3 Å². The number of piperazine rings is 1. The summed E-state index contributed by atoms with van der Waals surface area (Å²) in [7, 11) is 0. The minimum absolute atomic E-state index is 0.0706. The van der Waals surface area contributed by atoms with Crippen molar-refractivity contribution >= 4 is 11.6 Å². The Kier molecular flexibility index (Phi) is 3.69. The van der Waals surface area contributed by atoms with Gasteiger partial charge in [0.05, 0.1) is 6.10 Å². The van der Waals surface area contributed by atoms with Crippen molar-refractivity contribution in [3.63, 3.8) is 0 Å². The summed E-state index contributed by atoms with van der Waals surface area (Å²) in [5.74, 6) is 0.930. The minimum Gasteiger partial charge on any atom is -0.491 e. The molecule has 2 rings (SSSR count). The molecule has 1 amide bonds. The van der Waals surface area contributed by atoms with Crippen LogP contribution in [0.5, 0.6) is 5.75 Å². The summed E-state index contributed by atoms with van der Waals surface area (Å²) in [6.07, 6.45) is 0.169. The zero-order valence-electron chi connectivity index (χ0n) is 12.1. The summed E-state index contributed by atoms with van der Waals surface area (Å²) < 4.78 is 5.63. The van der Waals surface area contributed by atoms with Crippen molar-refractivity contribution in [3.8, 4) is 5.75 Å². The van der Waals surface area contributed by atoms with Crippen LogP contribution in [0.25, 0.3) is 0 Å². The first kappa shape index (κ1) is 13.7. The fourth-order valence-corrected chi connectivity index (χ4v) is 2.33. The Morgan fingerprint density at radius 1 is 1.26 bits per heavy atom. The van der Waals surface area contributed by atoms with E-state index in [0.717, 1.165) is 18.0 Å². The molecular weight excluding hydrogens is 240 g/mol. The Hall–Kier alpha value is -1.71. The van der Waals surface area contributed by atoms with Crippen LogP contribution >= 0.6 is 0 Å². The van der Waals surface area contributed by atoms with Gasteiger partial charge in [0.1, 0.15) is 11.3 Å². The van der Waals surface area contributed by atoms with E-state index in [4.69, 9.17) is 4.74 Å². The lowest BCUT2D eigenvalue weighted by Crippen LogP contribution is -2.62. The van der Waals surface area contributed by atoms with E-state index in [1.807, 2.05) is 52.0 Å². The van der Waals surface area contributed by atoms with Gasteiger partial charge in [-0.15, -0.1) is 0 Å². The normalized spacial score (nSPS) is 18.4. The molecule has 4 nitrogen and oxygen atoms in total. The number of ether oxygens (including phenoxy) is 1. The Morgan fingerprint density at radius 2 is 1.89 bits per heavy atom. The summed E-state index contributed by atoms with van der Waals surface area (Å²) in [5, 5.41) is 2.90. The molecule has 0 atom stereocenters. The van der Waals surface area contributed by atoms with E-state index in [1.165, 1.54) is 0 Å². The highest BCUT2D eigenvalue weighted by atomic mass is 16.5. The van der Waals surface area contributed by atoms with E-state index >= 15 is 0 Å². The van der Waals surface area contributed by atoms with Crippen molar-refractivity contribution in [2.24, 2.45) is 0 Å². The molecular formula is C15H22N2O2. The molecule has 1 fully saturated rings. The third-order valence-corrected chi connectivity index (χ3v) is 3.37. The first-order chi connectivity index (χ1) is 8.91. The highest BCUT2D eigenvalue weighted by Crippen LogP contribution is 2.28. The summed E-state index contributed by atoms with van der Waals surface area (Å²) in [6.45, 7) is 9.41. The fraction of sp³-hybridized carbons (Fsp3) is 0.533.